The Balaban J connectivity index is 1.78. The first-order chi connectivity index (χ1) is 13.2. The quantitative estimate of drug-likeness (QED) is 0.801. The van der Waals surface area contributed by atoms with E-state index in [1.165, 1.54) is 0 Å². The lowest BCUT2D eigenvalue weighted by atomic mass is 9.98. The molecule has 0 saturated carbocycles. The van der Waals surface area contributed by atoms with Crippen molar-refractivity contribution in [3.8, 4) is 5.75 Å². The van der Waals surface area contributed by atoms with E-state index < -0.39 is 11.7 Å². The topological polar surface area (TPSA) is 77.1 Å². The Labute approximate surface area is 167 Å². The Bertz CT molecular complexity index is 676. The van der Waals surface area contributed by atoms with Crippen LogP contribution in [0.5, 0.6) is 5.75 Å². The van der Waals surface area contributed by atoms with E-state index in [0.717, 1.165) is 24.8 Å². The zero-order valence-electron chi connectivity index (χ0n) is 17.5. The molecule has 2 amide bonds. The number of likely N-dealkylation sites (tertiary alicyclic amines) is 1. The summed E-state index contributed by atoms with van der Waals surface area (Å²) in [7, 11) is 1.57. The lowest BCUT2D eigenvalue weighted by Crippen LogP contribution is -2.42. The van der Waals surface area contributed by atoms with Crippen LogP contribution in [0.1, 0.15) is 46.1 Å². The number of hydrogen-bond acceptors (Lipinski definition) is 5. The van der Waals surface area contributed by atoms with Crippen LogP contribution in [-0.4, -0.2) is 49.5 Å². The van der Waals surface area contributed by atoms with Crippen molar-refractivity contribution in [1.29, 1.82) is 0 Å². The van der Waals surface area contributed by atoms with Crippen LogP contribution in [-0.2, 0) is 15.9 Å². The number of benzene rings is 1. The van der Waals surface area contributed by atoms with Crippen molar-refractivity contribution in [2.24, 2.45) is 5.92 Å². The number of rotatable bonds is 5. The first-order valence-corrected chi connectivity index (χ1v) is 9.80. The number of amides is 2. The number of aryl methyl sites for hydroxylation is 1. The highest BCUT2D eigenvalue weighted by molar-refractivity contribution is 5.86. The smallest absolute Gasteiger partial charge is 0.411 e. The van der Waals surface area contributed by atoms with Gasteiger partial charge in [0, 0.05) is 13.1 Å². The molecule has 1 heterocycles. The maximum absolute atomic E-state index is 12.2. The van der Waals surface area contributed by atoms with E-state index in [0.29, 0.717) is 31.1 Å². The second-order valence-electron chi connectivity index (χ2n) is 8.02. The normalized spacial score (nSPS) is 15.1. The summed E-state index contributed by atoms with van der Waals surface area (Å²) in [5, 5.41) is 2.76. The summed E-state index contributed by atoms with van der Waals surface area (Å²) in [6, 6.07) is 5.69. The number of carbonyl (C=O) groups excluding carboxylic acids is 2. The van der Waals surface area contributed by atoms with Gasteiger partial charge in [-0.1, -0.05) is 13.0 Å². The molecule has 7 heteroatoms. The molecular formula is C21H32N2O5. The molecule has 0 aliphatic carbocycles. The van der Waals surface area contributed by atoms with Gasteiger partial charge in [0.2, 0.25) is 0 Å². The number of nitrogens with zero attached hydrogens (tertiary/aromatic N) is 1. The molecule has 1 fully saturated rings. The van der Waals surface area contributed by atoms with E-state index in [9.17, 15) is 9.59 Å². The first-order valence-electron chi connectivity index (χ1n) is 9.80. The van der Waals surface area contributed by atoms with Gasteiger partial charge in [0.1, 0.15) is 11.4 Å². The molecule has 28 heavy (non-hydrogen) atoms. The highest BCUT2D eigenvalue weighted by Gasteiger charge is 2.27. The molecule has 7 nitrogen and oxygen atoms in total. The van der Waals surface area contributed by atoms with Gasteiger partial charge in [0.25, 0.3) is 0 Å². The molecule has 0 atom stereocenters. The van der Waals surface area contributed by atoms with Crippen molar-refractivity contribution >= 4 is 17.9 Å². The summed E-state index contributed by atoms with van der Waals surface area (Å²) in [5.41, 5.74) is 1.21. The van der Waals surface area contributed by atoms with Crippen LogP contribution in [0.2, 0.25) is 0 Å². The Morgan fingerprint density at radius 2 is 1.89 bits per heavy atom. The lowest BCUT2D eigenvalue weighted by molar-refractivity contribution is 0.0153. The molecule has 156 valence electrons. The van der Waals surface area contributed by atoms with E-state index in [4.69, 9.17) is 14.2 Å². The van der Waals surface area contributed by atoms with E-state index in [1.807, 2.05) is 45.9 Å². The van der Waals surface area contributed by atoms with Crippen molar-refractivity contribution in [3.63, 3.8) is 0 Å². The van der Waals surface area contributed by atoms with Crippen LogP contribution in [0.25, 0.3) is 0 Å². The van der Waals surface area contributed by atoms with Gasteiger partial charge < -0.3 is 19.1 Å². The first kappa shape index (κ1) is 21.9. The van der Waals surface area contributed by atoms with Gasteiger partial charge in [-0.05, 0) is 63.6 Å². The fourth-order valence-corrected chi connectivity index (χ4v) is 3.02. The van der Waals surface area contributed by atoms with E-state index >= 15 is 0 Å². The summed E-state index contributed by atoms with van der Waals surface area (Å²) < 4.78 is 16.1. The number of anilines is 1. The molecule has 2 rings (SSSR count). The molecule has 0 radical (unpaired) electrons. The van der Waals surface area contributed by atoms with Crippen molar-refractivity contribution in [2.75, 3.05) is 32.1 Å². The molecule has 0 bridgehead atoms. The van der Waals surface area contributed by atoms with Gasteiger partial charge in [0.05, 0.1) is 19.4 Å². The molecule has 1 N–H and O–H groups in total. The van der Waals surface area contributed by atoms with Crippen LogP contribution in [0, 0.1) is 5.92 Å². The van der Waals surface area contributed by atoms with Crippen molar-refractivity contribution < 1.29 is 23.8 Å². The van der Waals surface area contributed by atoms with E-state index in [2.05, 4.69) is 5.32 Å². The van der Waals surface area contributed by atoms with Crippen LogP contribution >= 0.6 is 0 Å². The lowest BCUT2D eigenvalue weighted by Gasteiger charge is -2.33. The molecule has 1 aliphatic heterocycles. The summed E-state index contributed by atoms with van der Waals surface area (Å²) in [6.07, 6.45) is 1.64. The standard InChI is InChI=1S/C21H32N2O5/c1-6-15-7-8-18(26-5)17(13-15)22-19(24)27-14-16-9-11-23(12-10-16)20(25)28-21(2,3)4/h7-8,13,16H,6,9-12,14H2,1-5H3,(H,22,24). The van der Waals surface area contributed by atoms with Crippen molar-refractivity contribution in [1.82, 2.24) is 4.90 Å². The van der Waals surface area contributed by atoms with Gasteiger partial charge >= 0.3 is 12.2 Å². The fraction of sp³-hybridized carbons (Fsp3) is 0.619. The van der Waals surface area contributed by atoms with Crippen LogP contribution in [0.4, 0.5) is 15.3 Å². The molecule has 1 aromatic carbocycles. The molecule has 0 aromatic heterocycles. The zero-order valence-corrected chi connectivity index (χ0v) is 17.5. The number of hydrogen-bond donors (Lipinski definition) is 1. The molecule has 0 spiro atoms. The summed E-state index contributed by atoms with van der Waals surface area (Å²) in [5.74, 6) is 0.827. The van der Waals surface area contributed by atoms with Crippen molar-refractivity contribution in [2.45, 2.75) is 52.6 Å². The number of piperidine rings is 1. The highest BCUT2D eigenvalue weighted by Crippen LogP contribution is 2.26. The minimum atomic E-state index is -0.499. The van der Waals surface area contributed by atoms with Crippen LogP contribution < -0.4 is 10.1 Å². The second kappa shape index (κ2) is 9.66. The molecule has 0 unspecified atom stereocenters. The number of ether oxygens (including phenoxy) is 3. The Hall–Kier alpha value is -2.44. The Kier molecular flexibility index (Phi) is 7.54. The van der Waals surface area contributed by atoms with Gasteiger partial charge in [-0.15, -0.1) is 0 Å². The third kappa shape index (κ3) is 6.62. The van der Waals surface area contributed by atoms with Gasteiger partial charge in [-0.3, -0.25) is 5.32 Å². The van der Waals surface area contributed by atoms with Crippen molar-refractivity contribution in [3.05, 3.63) is 23.8 Å². The average Bonchev–Trinajstić information content (AvgIpc) is 2.65. The Morgan fingerprint density at radius 3 is 2.46 bits per heavy atom. The Morgan fingerprint density at radius 1 is 1.21 bits per heavy atom. The molecule has 1 aromatic rings. The second-order valence-corrected chi connectivity index (χ2v) is 8.02. The van der Waals surface area contributed by atoms with E-state index in [1.54, 1.807) is 12.0 Å². The average molecular weight is 392 g/mol. The number of methoxy groups -OCH3 is 1. The predicted molar refractivity (Wildman–Crippen MR) is 108 cm³/mol. The van der Waals surface area contributed by atoms with Gasteiger partial charge in [-0.25, -0.2) is 9.59 Å². The molecule has 1 saturated heterocycles. The molecular weight excluding hydrogens is 360 g/mol. The summed E-state index contributed by atoms with van der Waals surface area (Å²) >= 11 is 0. The largest absolute Gasteiger partial charge is 0.495 e. The minimum Gasteiger partial charge on any atom is -0.495 e. The van der Waals surface area contributed by atoms with E-state index in [-0.39, 0.29) is 12.0 Å². The molecule has 1 aliphatic rings. The third-order valence-electron chi connectivity index (χ3n) is 4.63. The zero-order chi connectivity index (χ0) is 20.7. The predicted octanol–water partition coefficient (Wildman–Crippen LogP) is 4.45. The van der Waals surface area contributed by atoms with Crippen LogP contribution in [0.3, 0.4) is 0 Å². The van der Waals surface area contributed by atoms with Gasteiger partial charge in [0.15, 0.2) is 0 Å². The minimum absolute atomic E-state index is 0.230. The van der Waals surface area contributed by atoms with Crippen LogP contribution in [0.15, 0.2) is 18.2 Å². The number of carbonyl (C=O) groups is 2. The highest BCUT2D eigenvalue weighted by atomic mass is 16.6. The summed E-state index contributed by atoms with van der Waals surface area (Å²) in [4.78, 5) is 26.0. The maximum atomic E-state index is 12.2. The monoisotopic (exact) mass is 392 g/mol. The number of nitrogens with one attached hydrogen (secondary N) is 1. The SMILES string of the molecule is CCc1ccc(OC)c(NC(=O)OCC2CCN(C(=O)OC(C)(C)C)CC2)c1. The fourth-order valence-electron chi connectivity index (χ4n) is 3.02. The van der Waals surface area contributed by atoms with Gasteiger partial charge in [-0.2, -0.15) is 0 Å². The maximum Gasteiger partial charge on any atom is 0.411 e. The summed E-state index contributed by atoms with van der Waals surface area (Å²) in [6.45, 7) is 9.16. The third-order valence-corrected chi connectivity index (χ3v) is 4.63.